The van der Waals surface area contributed by atoms with Crippen LogP contribution in [0.4, 0.5) is 0 Å². The average molecular weight is 486 g/mol. The maximum absolute atomic E-state index is 11.6. The maximum Gasteiger partial charge on any atom is 0.469 e. The predicted molar refractivity (Wildman–Crippen MR) is 117 cm³/mol. The van der Waals surface area contributed by atoms with Gasteiger partial charge in [0.05, 0.1) is 18.5 Å². The first-order chi connectivity index (χ1) is 15.5. The van der Waals surface area contributed by atoms with Gasteiger partial charge >= 0.3 is 19.8 Å². The fraction of sp³-hybridized carbons (Fsp3) is 0.826. The van der Waals surface area contributed by atoms with Crippen LogP contribution in [0.5, 0.6) is 0 Å². The summed E-state index contributed by atoms with van der Waals surface area (Å²) >= 11 is 0. The molecule has 10 heteroatoms. The molecule has 2 unspecified atom stereocenters. The van der Waals surface area contributed by atoms with E-state index >= 15 is 0 Å². The van der Waals surface area contributed by atoms with Crippen LogP contribution in [0, 0.1) is 35.0 Å². The number of aliphatic carboxylic acids is 2. The Labute approximate surface area is 193 Å². The Morgan fingerprint density at radius 3 is 2.06 bits per heavy atom. The number of hydrogen-bond donors (Lipinski definition) is 4. The molecule has 5 rings (SSSR count). The zero-order valence-electron chi connectivity index (χ0n) is 19.0. The van der Waals surface area contributed by atoms with Gasteiger partial charge in [-0.1, -0.05) is 6.42 Å². The van der Waals surface area contributed by atoms with Gasteiger partial charge in [-0.25, -0.2) is 4.57 Å². The van der Waals surface area contributed by atoms with E-state index in [-0.39, 0.29) is 18.9 Å². The van der Waals surface area contributed by atoms with Gasteiger partial charge in [-0.2, -0.15) is 0 Å². The van der Waals surface area contributed by atoms with Crippen molar-refractivity contribution in [1.29, 1.82) is 0 Å². The molecule has 5 aliphatic rings. The minimum absolute atomic E-state index is 0.0270. The molecule has 0 amide bonds. The van der Waals surface area contributed by atoms with Crippen LogP contribution in [0.1, 0.15) is 71.1 Å². The molecule has 0 spiro atoms. The van der Waals surface area contributed by atoms with E-state index in [0.29, 0.717) is 24.7 Å². The average Bonchev–Trinajstić information content (AvgIpc) is 2.70. The third kappa shape index (κ3) is 5.31. The van der Waals surface area contributed by atoms with Crippen LogP contribution in [0.2, 0.25) is 0 Å². The molecule has 0 heterocycles. The Hall–Kier alpha value is -1.41. The van der Waals surface area contributed by atoms with Gasteiger partial charge in [0.2, 0.25) is 0 Å². The molecule has 33 heavy (non-hydrogen) atoms. The molecule has 5 saturated carbocycles. The number of rotatable bonds is 9. The Morgan fingerprint density at radius 1 is 0.970 bits per heavy atom. The highest BCUT2D eigenvalue weighted by atomic mass is 31.2. The van der Waals surface area contributed by atoms with E-state index in [1.807, 2.05) is 0 Å². The van der Waals surface area contributed by atoms with Crippen LogP contribution in [0.25, 0.3) is 0 Å². The molecular weight excluding hydrogens is 451 g/mol. The molecule has 186 valence electrons. The topological polar surface area (TPSA) is 151 Å². The molecule has 4 bridgehead atoms. The zero-order chi connectivity index (χ0) is 24.0. The highest BCUT2D eigenvalue weighted by Gasteiger charge is 2.48. The summed E-state index contributed by atoms with van der Waals surface area (Å²) in [7, 11) is -4.60. The molecular formula is C23H35O9P. The zero-order valence-corrected chi connectivity index (χ0v) is 19.9. The molecule has 0 radical (unpaired) electrons. The van der Waals surface area contributed by atoms with Crippen LogP contribution in [0.15, 0.2) is 11.3 Å². The van der Waals surface area contributed by atoms with E-state index in [1.54, 1.807) is 0 Å². The Kier molecular flexibility index (Phi) is 6.98. The number of ether oxygens (including phenoxy) is 1. The van der Waals surface area contributed by atoms with Gasteiger partial charge < -0.3 is 24.7 Å². The van der Waals surface area contributed by atoms with Gasteiger partial charge in [0.1, 0.15) is 0 Å². The number of carboxylic acids is 2. The smallest absolute Gasteiger partial charge is 0.469 e. The number of hydrogen-bond acceptors (Lipinski definition) is 5. The van der Waals surface area contributed by atoms with Gasteiger partial charge in [-0.3, -0.25) is 14.1 Å². The molecule has 0 aromatic carbocycles. The highest BCUT2D eigenvalue weighted by Crippen LogP contribution is 2.58. The monoisotopic (exact) mass is 486 g/mol. The summed E-state index contributed by atoms with van der Waals surface area (Å²) in [6, 6.07) is 0. The lowest BCUT2D eigenvalue weighted by Gasteiger charge is -2.52. The number of carboxylic acid groups (broad SMARTS) is 2. The normalized spacial score (nSPS) is 33.7. The quantitative estimate of drug-likeness (QED) is 0.216. The first-order valence-corrected chi connectivity index (χ1v) is 13.6. The minimum atomic E-state index is -4.60. The summed E-state index contributed by atoms with van der Waals surface area (Å²) in [5, 5.41) is 18.9. The summed E-state index contributed by atoms with van der Waals surface area (Å²) in [5.41, 5.74) is -0.630. The SMILES string of the molecule is CC(CCOC(=C1C2CC3CC(C2)CC1C3)C1CCCC(OP(=O)(O)O)C1)(C(=O)O)C(=O)O. The molecule has 2 atom stereocenters. The number of phosphoric ester groups is 1. The standard InChI is InChI=1S/C23H35O9P/c1-23(21(24)25,22(26)27)5-6-31-20(15-3-2-4-18(12-15)32-33(28,29)30)19-16-8-13-7-14(10-16)11-17(19)9-13/h13-18H,2-12H2,1H3,(H,24,25)(H,26,27)(H2,28,29,30). The van der Waals surface area contributed by atoms with Crippen molar-refractivity contribution in [3.05, 3.63) is 11.3 Å². The van der Waals surface area contributed by atoms with Crippen molar-refractivity contribution >= 4 is 19.8 Å². The molecule has 0 aliphatic heterocycles. The van der Waals surface area contributed by atoms with Gasteiger partial charge in [-0.15, -0.1) is 0 Å². The van der Waals surface area contributed by atoms with Crippen LogP contribution in [-0.2, 0) is 23.4 Å². The largest absolute Gasteiger partial charge is 0.498 e. The van der Waals surface area contributed by atoms with Gasteiger partial charge in [-0.05, 0) is 87.5 Å². The first-order valence-electron chi connectivity index (χ1n) is 12.0. The fourth-order valence-electron chi connectivity index (χ4n) is 6.87. The molecule has 9 nitrogen and oxygen atoms in total. The van der Waals surface area contributed by atoms with Crippen molar-refractivity contribution < 1.29 is 43.4 Å². The lowest BCUT2D eigenvalue weighted by Crippen LogP contribution is -2.42. The Morgan fingerprint density at radius 2 is 1.55 bits per heavy atom. The van der Waals surface area contributed by atoms with Crippen LogP contribution >= 0.6 is 7.82 Å². The summed E-state index contributed by atoms with van der Waals surface area (Å²) in [6.45, 7) is 1.17. The maximum atomic E-state index is 11.6. The highest BCUT2D eigenvalue weighted by molar-refractivity contribution is 7.46. The van der Waals surface area contributed by atoms with E-state index in [1.165, 1.54) is 18.9 Å². The van der Waals surface area contributed by atoms with E-state index < -0.39 is 31.3 Å². The van der Waals surface area contributed by atoms with E-state index in [9.17, 15) is 34.2 Å². The van der Waals surface area contributed by atoms with Crippen molar-refractivity contribution in [2.75, 3.05) is 6.61 Å². The molecule has 0 aromatic heterocycles. The summed E-state index contributed by atoms with van der Waals surface area (Å²) in [4.78, 5) is 41.7. The van der Waals surface area contributed by atoms with Crippen LogP contribution in [-0.4, -0.2) is 44.6 Å². The lowest BCUT2D eigenvalue weighted by molar-refractivity contribution is -0.164. The summed E-state index contributed by atoms with van der Waals surface area (Å²) < 4.78 is 22.7. The van der Waals surface area contributed by atoms with Crippen molar-refractivity contribution in [3.63, 3.8) is 0 Å². The Balaban J connectivity index is 1.57. The number of allylic oxidation sites excluding steroid dienone is 2. The third-order valence-corrected chi connectivity index (χ3v) is 8.96. The number of carbonyl (C=O) groups is 2. The molecule has 0 aromatic rings. The second-order valence-corrected chi connectivity index (χ2v) is 11.9. The van der Waals surface area contributed by atoms with Crippen molar-refractivity contribution in [2.45, 2.75) is 77.2 Å². The minimum Gasteiger partial charge on any atom is -0.498 e. The van der Waals surface area contributed by atoms with Crippen molar-refractivity contribution in [1.82, 2.24) is 0 Å². The third-order valence-electron chi connectivity index (χ3n) is 8.39. The summed E-state index contributed by atoms with van der Waals surface area (Å²) in [6.07, 6.45) is 7.65. The summed E-state index contributed by atoms with van der Waals surface area (Å²) in [5.74, 6) is 0.332. The lowest BCUT2D eigenvalue weighted by atomic mass is 9.53. The van der Waals surface area contributed by atoms with Crippen LogP contribution in [0.3, 0.4) is 0 Å². The second-order valence-electron chi connectivity index (χ2n) is 10.7. The molecule has 5 fully saturated rings. The van der Waals surface area contributed by atoms with E-state index in [0.717, 1.165) is 56.1 Å². The van der Waals surface area contributed by atoms with E-state index in [4.69, 9.17) is 9.26 Å². The predicted octanol–water partition coefficient (Wildman–Crippen LogP) is 3.95. The number of phosphoric acid groups is 1. The first kappa shape index (κ1) is 24.7. The van der Waals surface area contributed by atoms with Gasteiger partial charge in [0, 0.05) is 12.3 Å². The second kappa shape index (κ2) is 9.33. The molecule has 5 aliphatic carbocycles. The van der Waals surface area contributed by atoms with Crippen LogP contribution < -0.4 is 0 Å². The van der Waals surface area contributed by atoms with Crippen molar-refractivity contribution in [3.8, 4) is 0 Å². The molecule has 0 saturated heterocycles. The van der Waals surface area contributed by atoms with Crippen molar-refractivity contribution in [2.24, 2.45) is 35.0 Å². The Bertz CT molecular complexity index is 816. The fourth-order valence-corrected chi connectivity index (χ4v) is 7.45. The van der Waals surface area contributed by atoms with E-state index in [2.05, 4.69) is 0 Å². The van der Waals surface area contributed by atoms with Gasteiger partial charge in [0.15, 0.2) is 5.41 Å². The van der Waals surface area contributed by atoms with Gasteiger partial charge in [0.25, 0.3) is 0 Å². The molecule has 4 N–H and O–H groups in total.